The number of nitrogens with zero attached hydrogens (tertiary/aromatic N) is 2. The average Bonchev–Trinajstić information content (AvgIpc) is 2.90. The van der Waals surface area contributed by atoms with E-state index in [1.54, 1.807) is 17.4 Å². The number of halogens is 2. The molecule has 3 heterocycles. The molecule has 0 aliphatic carbocycles. The van der Waals surface area contributed by atoms with Crippen molar-refractivity contribution in [3.8, 4) is 10.7 Å². The van der Waals surface area contributed by atoms with Gasteiger partial charge in [-0.3, -0.25) is 0 Å². The van der Waals surface area contributed by atoms with Gasteiger partial charge in [0.25, 0.3) is 0 Å². The van der Waals surface area contributed by atoms with Gasteiger partial charge in [0.15, 0.2) is 5.82 Å². The SMILES string of the molecule is Fc1ccc2c(Cl)nc(-c3cc4c(s3)CCSC4)nc2c1. The van der Waals surface area contributed by atoms with Crippen molar-refractivity contribution >= 4 is 45.6 Å². The molecule has 0 N–H and O–H groups in total. The van der Waals surface area contributed by atoms with Crippen LogP contribution >= 0.6 is 34.7 Å². The zero-order valence-corrected chi connectivity index (χ0v) is 13.3. The molecule has 2 nitrogen and oxygen atoms in total. The second-order valence-electron chi connectivity index (χ2n) is 4.86. The van der Waals surface area contributed by atoms with Crippen LogP contribution in [0, 0.1) is 5.82 Å². The van der Waals surface area contributed by atoms with Crippen molar-refractivity contribution in [3.05, 3.63) is 45.7 Å². The van der Waals surface area contributed by atoms with Gasteiger partial charge in [-0.25, -0.2) is 14.4 Å². The summed E-state index contributed by atoms with van der Waals surface area (Å²) in [5.74, 6) is 2.48. The number of hydrogen-bond acceptors (Lipinski definition) is 4. The molecule has 106 valence electrons. The van der Waals surface area contributed by atoms with Crippen LogP contribution in [0.2, 0.25) is 5.15 Å². The number of thiophene rings is 1. The smallest absolute Gasteiger partial charge is 0.171 e. The van der Waals surface area contributed by atoms with Crippen LogP contribution in [0.5, 0.6) is 0 Å². The normalized spacial score (nSPS) is 14.4. The summed E-state index contributed by atoms with van der Waals surface area (Å²) in [5, 5.41) is 1.05. The fourth-order valence-corrected chi connectivity index (χ4v) is 4.98. The number of aromatic nitrogens is 2. The Morgan fingerprint density at radius 1 is 1.19 bits per heavy atom. The van der Waals surface area contributed by atoms with E-state index >= 15 is 0 Å². The molecule has 1 aliphatic heterocycles. The van der Waals surface area contributed by atoms with Gasteiger partial charge < -0.3 is 0 Å². The molecule has 3 aromatic rings. The van der Waals surface area contributed by atoms with Gasteiger partial charge in [0.2, 0.25) is 0 Å². The van der Waals surface area contributed by atoms with E-state index in [-0.39, 0.29) is 5.82 Å². The van der Waals surface area contributed by atoms with Crippen molar-refractivity contribution in [2.75, 3.05) is 5.75 Å². The molecule has 0 bridgehead atoms. The number of hydrogen-bond donors (Lipinski definition) is 0. The minimum absolute atomic E-state index is 0.315. The minimum Gasteiger partial charge on any atom is -0.227 e. The van der Waals surface area contributed by atoms with Crippen LogP contribution in [0.4, 0.5) is 4.39 Å². The topological polar surface area (TPSA) is 25.8 Å². The summed E-state index contributed by atoms with van der Waals surface area (Å²) < 4.78 is 13.4. The van der Waals surface area contributed by atoms with E-state index in [1.807, 2.05) is 11.8 Å². The second kappa shape index (κ2) is 5.23. The fraction of sp³-hybridized carbons (Fsp3) is 0.200. The van der Waals surface area contributed by atoms with Crippen molar-refractivity contribution in [3.63, 3.8) is 0 Å². The number of benzene rings is 1. The van der Waals surface area contributed by atoms with Gasteiger partial charge in [0.05, 0.1) is 10.4 Å². The molecule has 4 rings (SSSR count). The molecule has 0 fully saturated rings. The molecule has 1 aromatic carbocycles. The Labute approximate surface area is 134 Å². The molecule has 1 aliphatic rings. The van der Waals surface area contributed by atoms with E-state index < -0.39 is 0 Å². The summed E-state index contributed by atoms with van der Waals surface area (Å²) in [6, 6.07) is 6.53. The standard InChI is InChI=1S/C15H10ClFN2S2/c16-14-10-2-1-9(17)6-11(10)18-15(19-14)13-5-8-7-20-4-3-12(8)21-13/h1-2,5-6H,3-4,7H2. The van der Waals surface area contributed by atoms with Gasteiger partial charge in [-0.2, -0.15) is 11.8 Å². The molecule has 0 spiro atoms. The van der Waals surface area contributed by atoms with Gasteiger partial charge in [-0.05, 0) is 35.9 Å². The first-order valence-corrected chi connectivity index (χ1v) is 8.88. The highest BCUT2D eigenvalue weighted by Crippen LogP contribution is 2.36. The Hall–Kier alpha value is -1.17. The molecule has 6 heteroatoms. The molecule has 2 aromatic heterocycles. The second-order valence-corrected chi connectivity index (χ2v) is 7.46. The highest BCUT2D eigenvalue weighted by Gasteiger charge is 2.17. The molecular weight excluding hydrogens is 327 g/mol. The third-order valence-corrected chi connectivity index (χ3v) is 5.99. The van der Waals surface area contributed by atoms with E-state index in [4.69, 9.17) is 11.6 Å². The van der Waals surface area contributed by atoms with Gasteiger partial charge in [0.1, 0.15) is 11.0 Å². The Morgan fingerprint density at radius 2 is 2.10 bits per heavy atom. The summed E-state index contributed by atoms with van der Waals surface area (Å²) in [6.07, 6.45) is 1.10. The lowest BCUT2D eigenvalue weighted by atomic mass is 10.2. The Bertz CT molecular complexity index is 824. The molecular formula is C15H10ClFN2S2. The predicted molar refractivity (Wildman–Crippen MR) is 87.7 cm³/mol. The zero-order chi connectivity index (χ0) is 14.4. The highest BCUT2D eigenvalue weighted by molar-refractivity contribution is 7.98. The summed E-state index contributed by atoms with van der Waals surface area (Å²) in [7, 11) is 0. The summed E-state index contributed by atoms with van der Waals surface area (Å²) in [6.45, 7) is 0. The van der Waals surface area contributed by atoms with Crippen molar-refractivity contribution in [2.45, 2.75) is 12.2 Å². The van der Waals surface area contributed by atoms with E-state index in [9.17, 15) is 4.39 Å². The number of thioether (sulfide) groups is 1. The van der Waals surface area contributed by atoms with E-state index in [1.165, 1.54) is 22.6 Å². The first-order valence-electron chi connectivity index (χ1n) is 6.53. The Kier molecular flexibility index (Phi) is 3.36. The number of fused-ring (bicyclic) bond motifs is 2. The molecule has 0 saturated heterocycles. The van der Waals surface area contributed by atoms with E-state index in [0.29, 0.717) is 21.9 Å². The first kappa shape index (κ1) is 13.5. The molecule has 0 saturated carbocycles. The van der Waals surface area contributed by atoms with Crippen molar-refractivity contribution in [1.29, 1.82) is 0 Å². The fourth-order valence-electron chi connectivity index (χ4n) is 2.43. The van der Waals surface area contributed by atoms with Crippen LogP contribution in [0.25, 0.3) is 21.6 Å². The van der Waals surface area contributed by atoms with Gasteiger partial charge in [-0.1, -0.05) is 11.6 Å². The van der Waals surface area contributed by atoms with Crippen LogP contribution in [0.3, 0.4) is 0 Å². The third kappa shape index (κ3) is 2.43. The quantitative estimate of drug-likeness (QED) is 0.589. The maximum Gasteiger partial charge on any atom is 0.171 e. The van der Waals surface area contributed by atoms with Crippen molar-refractivity contribution in [2.24, 2.45) is 0 Å². The minimum atomic E-state index is -0.315. The highest BCUT2D eigenvalue weighted by atomic mass is 35.5. The van der Waals surface area contributed by atoms with Crippen LogP contribution in [-0.4, -0.2) is 15.7 Å². The van der Waals surface area contributed by atoms with E-state index in [0.717, 1.165) is 22.8 Å². The van der Waals surface area contributed by atoms with Gasteiger partial charge in [-0.15, -0.1) is 11.3 Å². The molecule has 0 amide bonds. The first-order chi connectivity index (χ1) is 10.2. The van der Waals surface area contributed by atoms with Crippen LogP contribution in [0.1, 0.15) is 10.4 Å². The maximum atomic E-state index is 13.4. The molecule has 0 unspecified atom stereocenters. The zero-order valence-electron chi connectivity index (χ0n) is 10.9. The van der Waals surface area contributed by atoms with E-state index in [2.05, 4.69) is 16.0 Å². The molecule has 0 radical (unpaired) electrons. The summed E-state index contributed by atoms with van der Waals surface area (Å²) in [5.41, 5.74) is 1.91. The lowest BCUT2D eigenvalue weighted by Crippen LogP contribution is -1.96. The lowest BCUT2D eigenvalue weighted by molar-refractivity contribution is 0.629. The maximum absolute atomic E-state index is 13.4. The van der Waals surface area contributed by atoms with Crippen molar-refractivity contribution in [1.82, 2.24) is 9.97 Å². The van der Waals surface area contributed by atoms with Crippen LogP contribution < -0.4 is 0 Å². The predicted octanol–water partition coefficient (Wildman–Crippen LogP) is 4.94. The molecule has 21 heavy (non-hydrogen) atoms. The van der Waals surface area contributed by atoms with Crippen LogP contribution in [-0.2, 0) is 12.2 Å². The summed E-state index contributed by atoms with van der Waals surface area (Å²) >= 11 is 9.88. The third-order valence-electron chi connectivity index (χ3n) is 3.46. The number of aryl methyl sites for hydroxylation is 1. The summed E-state index contributed by atoms with van der Waals surface area (Å²) in [4.78, 5) is 11.3. The van der Waals surface area contributed by atoms with Crippen molar-refractivity contribution < 1.29 is 4.39 Å². The molecule has 0 atom stereocenters. The monoisotopic (exact) mass is 336 g/mol. The largest absolute Gasteiger partial charge is 0.227 e. The van der Waals surface area contributed by atoms with Crippen LogP contribution in [0.15, 0.2) is 24.3 Å². The van der Waals surface area contributed by atoms with Gasteiger partial charge in [0, 0.05) is 22.1 Å². The average molecular weight is 337 g/mol. The lowest BCUT2D eigenvalue weighted by Gasteiger charge is -2.08. The Balaban J connectivity index is 1.88. The Morgan fingerprint density at radius 3 is 2.95 bits per heavy atom. The van der Waals surface area contributed by atoms with Gasteiger partial charge >= 0.3 is 0 Å². The number of rotatable bonds is 1.